The summed E-state index contributed by atoms with van der Waals surface area (Å²) in [5.74, 6) is -0.874. The minimum Gasteiger partial charge on any atom is -0.322 e. The zero-order valence-corrected chi connectivity index (χ0v) is 9.06. The average Bonchev–Trinajstić information content (AvgIpc) is 2.77. The lowest BCUT2D eigenvalue weighted by Gasteiger charge is -2.24. The second-order valence-electron chi connectivity index (χ2n) is 4.22. The summed E-state index contributed by atoms with van der Waals surface area (Å²) < 4.78 is 22.5. The van der Waals surface area contributed by atoms with Crippen LogP contribution in [-0.4, -0.2) is 37.9 Å². The van der Waals surface area contributed by atoms with Gasteiger partial charge in [-0.15, -0.1) is 0 Å². The number of hydrogen-bond acceptors (Lipinski definition) is 4. The molecule has 2 fully saturated rings. The highest BCUT2D eigenvalue weighted by molar-refractivity contribution is 7.90. The van der Waals surface area contributed by atoms with Crippen LogP contribution in [0.5, 0.6) is 0 Å². The third-order valence-corrected chi connectivity index (χ3v) is 3.71. The van der Waals surface area contributed by atoms with E-state index < -0.39 is 27.3 Å². The molecule has 0 radical (unpaired) electrons. The monoisotopic (exact) mass is 232 g/mol. The summed E-state index contributed by atoms with van der Waals surface area (Å²) in [5.41, 5.74) is -1.22. The summed E-state index contributed by atoms with van der Waals surface area (Å²) in [6.45, 7) is 0. The maximum Gasteiger partial charge on any atom is 0.322 e. The van der Waals surface area contributed by atoms with Crippen molar-refractivity contribution in [2.24, 2.45) is 5.92 Å². The van der Waals surface area contributed by atoms with Gasteiger partial charge in [0, 0.05) is 6.26 Å². The van der Waals surface area contributed by atoms with Crippen molar-refractivity contribution < 1.29 is 18.0 Å². The SMILES string of the molecule is CS(=O)(=O)CC1(C2CC2)NC(=O)NC1=O. The van der Waals surface area contributed by atoms with Gasteiger partial charge in [0.2, 0.25) is 0 Å². The van der Waals surface area contributed by atoms with Crippen molar-refractivity contribution in [3.05, 3.63) is 0 Å². The van der Waals surface area contributed by atoms with E-state index in [2.05, 4.69) is 10.6 Å². The van der Waals surface area contributed by atoms with Gasteiger partial charge in [-0.1, -0.05) is 0 Å². The molecule has 15 heavy (non-hydrogen) atoms. The molecular weight excluding hydrogens is 220 g/mol. The van der Waals surface area contributed by atoms with Crippen LogP contribution in [0.1, 0.15) is 12.8 Å². The van der Waals surface area contributed by atoms with Gasteiger partial charge in [0.15, 0.2) is 0 Å². The molecule has 0 spiro atoms. The van der Waals surface area contributed by atoms with E-state index in [-0.39, 0.29) is 11.7 Å². The first-order valence-corrected chi connectivity index (χ1v) is 6.71. The van der Waals surface area contributed by atoms with Gasteiger partial charge in [0.05, 0.1) is 5.75 Å². The largest absolute Gasteiger partial charge is 0.322 e. The summed E-state index contributed by atoms with van der Waals surface area (Å²) in [4.78, 5) is 22.7. The Labute approximate surface area is 87.3 Å². The van der Waals surface area contributed by atoms with E-state index in [9.17, 15) is 18.0 Å². The molecule has 0 bridgehead atoms. The lowest BCUT2D eigenvalue weighted by molar-refractivity contribution is -0.123. The van der Waals surface area contributed by atoms with Crippen LogP contribution in [-0.2, 0) is 14.6 Å². The van der Waals surface area contributed by atoms with Crippen LogP contribution in [0.15, 0.2) is 0 Å². The molecule has 1 atom stereocenters. The molecule has 2 N–H and O–H groups in total. The van der Waals surface area contributed by atoms with Gasteiger partial charge in [0.1, 0.15) is 15.4 Å². The van der Waals surface area contributed by atoms with Gasteiger partial charge < -0.3 is 5.32 Å². The predicted molar refractivity (Wildman–Crippen MR) is 51.8 cm³/mol. The first kappa shape index (κ1) is 10.4. The van der Waals surface area contributed by atoms with Gasteiger partial charge in [-0.3, -0.25) is 10.1 Å². The van der Waals surface area contributed by atoms with Crippen LogP contribution < -0.4 is 10.6 Å². The van der Waals surface area contributed by atoms with Gasteiger partial charge >= 0.3 is 6.03 Å². The smallest absolute Gasteiger partial charge is 0.322 e. The standard InChI is InChI=1S/C8H12N2O4S/c1-15(13,14)4-8(5-2-3-5)6(11)9-7(12)10-8/h5H,2-4H2,1H3,(H2,9,10,11,12). The Balaban J connectivity index is 2.33. The van der Waals surface area contributed by atoms with Crippen LogP contribution in [0.4, 0.5) is 4.79 Å². The Morgan fingerprint density at radius 1 is 1.40 bits per heavy atom. The summed E-state index contributed by atoms with van der Waals surface area (Å²) in [5, 5.41) is 4.56. The number of sulfone groups is 1. The molecule has 2 rings (SSSR count). The van der Waals surface area contributed by atoms with Crippen molar-refractivity contribution in [2.45, 2.75) is 18.4 Å². The fourth-order valence-electron chi connectivity index (χ4n) is 2.00. The Kier molecular flexibility index (Phi) is 2.04. The summed E-state index contributed by atoms with van der Waals surface area (Å²) >= 11 is 0. The molecule has 1 heterocycles. The first-order chi connectivity index (χ1) is 6.83. The molecule has 84 valence electrons. The molecule has 2 aliphatic rings. The average molecular weight is 232 g/mol. The van der Waals surface area contributed by atoms with E-state index in [0.29, 0.717) is 0 Å². The van der Waals surface area contributed by atoms with Crippen LogP contribution in [0.3, 0.4) is 0 Å². The van der Waals surface area contributed by atoms with Crippen molar-refractivity contribution in [1.29, 1.82) is 0 Å². The van der Waals surface area contributed by atoms with E-state index in [1.54, 1.807) is 0 Å². The number of hydrogen-bond donors (Lipinski definition) is 2. The predicted octanol–water partition coefficient (Wildman–Crippen LogP) is -0.981. The zero-order chi connectivity index (χ0) is 11.3. The van der Waals surface area contributed by atoms with Crippen LogP contribution in [0, 0.1) is 5.92 Å². The fraction of sp³-hybridized carbons (Fsp3) is 0.750. The van der Waals surface area contributed by atoms with E-state index in [0.717, 1.165) is 19.1 Å². The van der Waals surface area contributed by atoms with Gasteiger partial charge in [-0.2, -0.15) is 0 Å². The fourth-order valence-corrected chi connectivity index (χ4v) is 3.27. The van der Waals surface area contributed by atoms with E-state index in [1.165, 1.54) is 0 Å². The van der Waals surface area contributed by atoms with Crippen LogP contribution >= 0.6 is 0 Å². The van der Waals surface area contributed by atoms with Crippen LogP contribution in [0.25, 0.3) is 0 Å². The van der Waals surface area contributed by atoms with Gasteiger partial charge in [-0.25, -0.2) is 13.2 Å². The molecule has 7 heteroatoms. The van der Waals surface area contributed by atoms with Crippen molar-refractivity contribution >= 4 is 21.8 Å². The number of nitrogens with one attached hydrogen (secondary N) is 2. The molecule has 0 aromatic heterocycles. The molecular formula is C8H12N2O4S. The number of carbonyl (C=O) groups is 2. The highest BCUT2D eigenvalue weighted by Crippen LogP contribution is 2.41. The Morgan fingerprint density at radius 2 is 2.00 bits per heavy atom. The molecule has 1 aliphatic carbocycles. The third-order valence-electron chi connectivity index (χ3n) is 2.73. The number of carbonyl (C=O) groups excluding carboxylic acids is 2. The number of amides is 3. The second kappa shape index (κ2) is 2.94. The number of urea groups is 1. The Bertz CT molecular complexity index is 426. The highest BCUT2D eigenvalue weighted by atomic mass is 32.2. The summed E-state index contributed by atoms with van der Waals surface area (Å²) in [6.07, 6.45) is 2.63. The highest BCUT2D eigenvalue weighted by Gasteiger charge is 2.57. The number of imide groups is 1. The first-order valence-electron chi connectivity index (χ1n) is 4.65. The molecule has 1 aliphatic heterocycles. The number of rotatable bonds is 3. The van der Waals surface area contributed by atoms with Gasteiger partial charge in [-0.05, 0) is 18.8 Å². The summed E-state index contributed by atoms with van der Waals surface area (Å²) in [7, 11) is -3.30. The normalized spacial score (nSPS) is 31.3. The van der Waals surface area contributed by atoms with E-state index in [1.807, 2.05) is 0 Å². The Morgan fingerprint density at radius 3 is 2.33 bits per heavy atom. The minimum atomic E-state index is -3.30. The molecule has 0 aromatic carbocycles. The minimum absolute atomic E-state index is 0.0429. The lowest BCUT2D eigenvalue weighted by atomic mass is 9.96. The van der Waals surface area contributed by atoms with E-state index in [4.69, 9.17) is 0 Å². The third kappa shape index (κ3) is 1.83. The van der Waals surface area contributed by atoms with Crippen LogP contribution in [0.2, 0.25) is 0 Å². The topological polar surface area (TPSA) is 92.3 Å². The summed E-state index contributed by atoms with van der Waals surface area (Å²) in [6, 6.07) is -0.601. The molecule has 1 unspecified atom stereocenters. The van der Waals surface area contributed by atoms with Crippen molar-refractivity contribution in [3.8, 4) is 0 Å². The maximum absolute atomic E-state index is 11.6. The van der Waals surface area contributed by atoms with Crippen molar-refractivity contribution in [3.63, 3.8) is 0 Å². The van der Waals surface area contributed by atoms with Gasteiger partial charge in [0.25, 0.3) is 5.91 Å². The second-order valence-corrected chi connectivity index (χ2v) is 6.36. The maximum atomic E-state index is 11.6. The van der Waals surface area contributed by atoms with Crippen molar-refractivity contribution in [2.75, 3.05) is 12.0 Å². The molecule has 0 aromatic rings. The molecule has 1 saturated heterocycles. The Hall–Kier alpha value is -1.11. The zero-order valence-electron chi connectivity index (χ0n) is 8.24. The molecule has 6 nitrogen and oxygen atoms in total. The molecule has 1 saturated carbocycles. The quantitative estimate of drug-likeness (QED) is 0.612. The van der Waals surface area contributed by atoms with Crippen molar-refractivity contribution in [1.82, 2.24) is 10.6 Å². The molecule has 3 amide bonds. The van der Waals surface area contributed by atoms with E-state index >= 15 is 0 Å². The lowest BCUT2D eigenvalue weighted by Crippen LogP contribution is -2.54.